The Morgan fingerprint density at radius 2 is 1.90 bits per heavy atom. The van der Waals surface area contributed by atoms with Gasteiger partial charge in [0.2, 0.25) is 0 Å². The molecule has 0 amide bonds. The van der Waals surface area contributed by atoms with E-state index in [1.165, 1.54) is 12.1 Å². The van der Waals surface area contributed by atoms with Gasteiger partial charge in [0.15, 0.2) is 11.9 Å². The third kappa shape index (κ3) is 2.38. The first kappa shape index (κ1) is 13.3. The molecule has 0 fully saturated rings. The molecule has 2 aromatic rings. The van der Waals surface area contributed by atoms with Gasteiger partial charge in [0.05, 0.1) is 7.11 Å². The van der Waals surface area contributed by atoms with Gasteiger partial charge in [-0.25, -0.2) is 0 Å². The van der Waals surface area contributed by atoms with Crippen LogP contribution in [0.4, 0.5) is 0 Å². The maximum Gasteiger partial charge on any atom is 0.182 e. The molecule has 2 aromatic carbocycles. The zero-order valence-electron chi connectivity index (χ0n) is 11.4. The highest BCUT2D eigenvalue weighted by molar-refractivity contribution is 5.89. The second-order valence-corrected chi connectivity index (χ2v) is 4.86. The highest BCUT2D eigenvalue weighted by atomic mass is 16.5. The van der Waals surface area contributed by atoms with E-state index in [-0.39, 0.29) is 23.7 Å². The van der Waals surface area contributed by atoms with Crippen molar-refractivity contribution in [3.63, 3.8) is 0 Å². The average molecular weight is 286 g/mol. The van der Waals surface area contributed by atoms with Gasteiger partial charge in [0.25, 0.3) is 0 Å². The molecular formula is C16H14O5. The maximum absolute atomic E-state index is 12.2. The van der Waals surface area contributed by atoms with Gasteiger partial charge in [0, 0.05) is 29.7 Å². The molecule has 108 valence electrons. The van der Waals surface area contributed by atoms with Gasteiger partial charge in [-0.15, -0.1) is 0 Å². The lowest BCUT2D eigenvalue weighted by atomic mass is 9.95. The second kappa shape index (κ2) is 5.01. The van der Waals surface area contributed by atoms with Crippen LogP contribution in [0.15, 0.2) is 36.4 Å². The number of hydrogen-bond donors (Lipinski definition) is 2. The lowest BCUT2D eigenvalue weighted by Crippen LogP contribution is -2.25. The number of aromatic hydroxyl groups is 2. The van der Waals surface area contributed by atoms with Crippen LogP contribution >= 0.6 is 0 Å². The van der Waals surface area contributed by atoms with Crippen LogP contribution in [0.5, 0.6) is 23.0 Å². The van der Waals surface area contributed by atoms with Crippen LogP contribution in [0, 0.1) is 0 Å². The summed E-state index contributed by atoms with van der Waals surface area (Å²) in [5, 5.41) is 19.3. The Labute approximate surface area is 121 Å². The SMILES string of the molecule is COc1ccc(C2Oc3cc(O)cc(O)c3CC2=O)cc1. The summed E-state index contributed by atoms with van der Waals surface area (Å²) >= 11 is 0. The second-order valence-electron chi connectivity index (χ2n) is 4.86. The molecule has 0 bridgehead atoms. The summed E-state index contributed by atoms with van der Waals surface area (Å²) in [6.07, 6.45) is -0.678. The number of ketones is 1. The van der Waals surface area contributed by atoms with Gasteiger partial charge >= 0.3 is 0 Å². The van der Waals surface area contributed by atoms with Gasteiger partial charge in [-0.3, -0.25) is 4.79 Å². The third-order valence-corrected chi connectivity index (χ3v) is 3.48. The van der Waals surface area contributed by atoms with Gasteiger partial charge in [0.1, 0.15) is 23.0 Å². The van der Waals surface area contributed by atoms with Crippen molar-refractivity contribution in [3.05, 3.63) is 47.5 Å². The molecule has 5 nitrogen and oxygen atoms in total. The van der Waals surface area contributed by atoms with E-state index in [0.29, 0.717) is 22.6 Å². The van der Waals surface area contributed by atoms with Crippen LogP contribution in [-0.2, 0) is 11.2 Å². The fourth-order valence-corrected chi connectivity index (χ4v) is 2.39. The predicted octanol–water partition coefficient (Wildman–Crippen LogP) is 2.35. The highest BCUT2D eigenvalue weighted by Gasteiger charge is 2.31. The number of methoxy groups -OCH3 is 1. The lowest BCUT2D eigenvalue weighted by molar-refractivity contribution is -0.126. The number of carbonyl (C=O) groups excluding carboxylic acids is 1. The molecule has 1 atom stereocenters. The third-order valence-electron chi connectivity index (χ3n) is 3.48. The number of fused-ring (bicyclic) bond motifs is 1. The fourth-order valence-electron chi connectivity index (χ4n) is 2.39. The Morgan fingerprint density at radius 3 is 2.57 bits per heavy atom. The zero-order chi connectivity index (χ0) is 15.0. The zero-order valence-corrected chi connectivity index (χ0v) is 11.4. The first-order valence-corrected chi connectivity index (χ1v) is 6.46. The van der Waals surface area contributed by atoms with E-state index in [2.05, 4.69) is 0 Å². The van der Waals surface area contributed by atoms with Crippen LogP contribution < -0.4 is 9.47 Å². The highest BCUT2D eigenvalue weighted by Crippen LogP contribution is 2.40. The minimum atomic E-state index is -0.746. The number of phenols is 2. The van der Waals surface area contributed by atoms with Crippen molar-refractivity contribution in [1.82, 2.24) is 0 Å². The van der Waals surface area contributed by atoms with Crippen LogP contribution in [-0.4, -0.2) is 23.1 Å². The topological polar surface area (TPSA) is 76.0 Å². The van der Waals surface area contributed by atoms with E-state index in [1.54, 1.807) is 31.4 Å². The normalized spacial score (nSPS) is 17.0. The van der Waals surface area contributed by atoms with Crippen LogP contribution in [0.3, 0.4) is 0 Å². The quantitative estimate of drug-likeness (QED) is 0.886. The molecule has 1 unspecified atom stereocenters. The van der Waals surface area contributed by atoms with Crippen LogP contribution in [0.2, 0.25) is 0 Å². The number of ether oxygens (including phenoxy) is 2. The Balaban J connectivity index is 1.96. The number of Topliss-reactive ketones (excluding diaryl/α,β-unsaturated/α-hetero) is 1. The Bertz CT molecular complexity index is 691. The molecule has 21 heavy (non-hydrogen) atoms. The molecule has 1 heterocycles. The van der Waals surface area contributed by atoms with Crippen molar-refractivity contribution in [2.45, 2.75) is 12.5 Å². The largest absolute Gasteiger partial charge is 0.508 e. The monoisotopic (exact) mass is 286 g/mol. The summed E-state index contributed by atoms with van der Waals surface area (Å²) < 4.78 is 10.7. The number of rotatable bonds is 2. The minimum Gasteiger partial charge on any atom is -0.508 e. The number of carbonyl (C=O) groups is 1. The van der Waals surface area contributed by atoms with Gasteiger partial charge < -0.3 is 19.7 Å². The fraction of sp³-hybridized carbons (Fsp3) is 0.188. The van der Waals surface area contributed by atoms with Crippen molar-refractivity contribution < 1.29 is 24.5 Å². The predicted molar refractivity (Wildman–Crippen MR) is 74.8 cm³/mol. The number of benzene rings is 2. The molecule has 0 aromatic heterocycles. The van der Waals surface area contributed by atoms with E-state index in [1.807, 2.05) is 0 Å². The lowest BCUT2D eigenvalue weighted by Gasteiger charge is -2.26. The van der Waals surface area contributed by atoms with Crippen molar-refractivity contribution >= 4 is 5.78 Å². The molecule has 0 aliphatic carbocycles. The first-order chi connectivity index (χ1) is 10.1. The molecule has 5 heteroatoms. The molecule has 1 aliphatic heterocycles. The Kier molecular flexibility index (Phi) is 3.17. The Hall–Kier alpha value is -2.69. The van der Waals surface area contributed by atoms with Crippen molar-refractivity contribution in [3.8, 4) is 23.0 Å². The molecule has 0 spiro atoms. The molecule has 2 N–H and O–H groups in total. The van der Waals surface area contributed by atoms with E-state index in [9.17, 15) is 15.0 Å². The standard InChI is InChI=1S/C16H14O5/c1-20-11-4-2-9(3-5-11)16-14(19)8-12-13(18)6-10(17)7-15(12)21-16/h2-7,16-18H,8H2,1H3. The van der Waals surface area contributed by atoms with Crippen molar-refractivity contribution in [2.75, 3.05) is 7.11 Å². The molecule has 3 rings (SSSR count). The first-order valence-electron chi connectivity index (χ1n) is 6.46. The van der Waals surface area contributed by atoms with E-state index in [0.717, 1.165) is 0 Å². The average Bonchev–Trinajstić information content (AvgIpc) is 2.48. The summed E-state index contributed by atoms with van der Waals surface area (Å²) in [5.41, 5.74) is 1.11. The Morgan fingerprint density at radius 1 is 1.19 bits per heavy atom. The minimum absolute atomic E-state index is 0.0676. The summed E-state index contributed by atoms with van der Waals surface area (Å²) in [7, 11) is 1.57. The van der Waals surface area contributed by atoms with E-state index in [4.69, 9.17) is 9.47 Å². The van der Waals surface area contributed by atoms with Crippen LogP contribution in [0.1, 0.15) is 17.2 Å². The summed E-state index contributed by atoms with van der Waals surface area (Å²) in [4.78, 5) is 12.2. The van der Waals surface area contributed by atoms with Crippen molar-refractivity contribution in [1.29, 1.82) is 0 Å². The smallest absolute Gasteiger partial charge is 0.182 e. The van der Waals surface area contributed by atoms with Gasteiger partial charge in [-0.2, -0.15) is 0 Å². The molecular weight excluding hydrogens is 272 g/mol. The number of phenolic OH excluding ortho intramolecular Hbond substituents is 2. The van der Waals surface area contributed by atoms with Crippen LogP contribution in [0.25, 0.3) is 0 Å². The molecule has 0 saturated heterocycles. The maximum atomic E-state index is 12.2. The molecule has 0 saturated carbocycles. The van der Waals surface area contributed by atoms with Gasteiger partial charge in [-0.05, 0) is 12.1 Å². The van der Waals surface area contributed by atoms with Crippen molar-refractivity contribution in [2.24, 2.45) is 0 Å². The summed E-state index contributed by atoms with van der Waals surface area (Å²) in [5.74, 6) is 0.639. The van der Waals surface area contributed by atoms with Gasteiger partial charge in [-0.1, -0.05) is 12.1 Å². The number of hydrogen-bond acceptors (Lipinski definition) is 5. The summed E-state index contributed by atoms with van der Waals surface area (Å²) in [6.45, 7) is 0. The molecule has 1 aliphatic rings. The van der Waals surface area contributed by atoms with E-state index >= 15 is 0 Å². The van der Waals surface area contributed by atoms with E-state index < -0.39 is 6.10 Å². The molecule has 0 radical (unpaired) electrons. The summed E-state index contributed by atoms with van der Waals surface area (Å²) in [6, 6.07) is 9.62.